The minimum absolute atomic E-state index is 0.250. The van der Waals surface area contributed by atoms with Gasteiger partial charge in [0.05, 0.1) is 27.2 Å². The summed E-state index contributed by atoms with van der Waals surface area (Å²) in [6, 6.07) is 10.6. The number of para-hydroxylation sites is 1. The third-order valence-electron chi connectivity index (χ3n) is 4.48. The normalized spacial score (nSPS) is 14.9. The Bertz CT molecular complexity index is 858. The first-order valence-corrected chi connectivity index (χ1v) is 8.68. The van der Waals surface area contributed by atoms with Crippen LogP contribution in [0.1, 0.15) is 15.9 Å². The van der Waals surface area contributed by atoms with Crippen molar-refractivity contribution in [1.82, 2.24) is 10.9 Å². The number of carbonyl (C=O) groups excluding carboxylic acids is 2. The van der Waals surface area contributed by atoms with E-state index in [4.69, 9.17) is 18.9 Å². The molecule has 1 heterocycles. The van der Waals surface area contributed by atoms with Crippen LogP contribution in [-0.4, -0.2) is 39.8 Å². The van der Waals surface area contributed by atoms with Crippen LogP contribution in [0.5, 0.6) is 23.0 Å². The SMILES string of the molecule is COc1cc(C(=O)NNC(=O)C2COc3ccccc3C2)cc(OC)c1OC. The van der Waals surface area contributed by atoms with Crippen LogP contribution in [0.25, 0.3) is 0 Å². The minimum atomic E-state index is -0.510. The standard InChI is InChI=1S/C20H22N2O6/c1-25-16-9-13(10-17(26-2)18(16)27-3)19(23)21-22-20(24)14-8-12-6-4-5-7-15(12)28-11-14/h4-7,9-10,14H,8,11H2,1-3H3,(H,21,23)(H,22,24). The van der Waals surface area contributed by atoms with Crippen LogP contribution in [0.2, 0.25) is 0 Å². The summed E-state index contributed by atoms with van der Waals surface area (Å²) in [5, 5.41) is 0. The Morgan fingerprint density at radius 3 is 2.32 bits per heavy atom. The van der Waals surface area contributed by atoms with Gasteiger partial charge in [0.25, 0.3) is 5.91 Å². The van der Waals surface area contributed by atoms with E-state index in [0.29, 0.717) is 23.7 Å². The van der Waals surface area contributed by atoms with Gasteiger partial charge in [-0.15, -0.1) is 0 Å². The summed E-state index contributed by atoms with van der Waals surface area (Å²) in [5.74, 6) is 0.623. The monoisotopic (exact) mass is 386 g/mol. The van der Waals surface area contributed by atoms with Crippen molar-refractivity contribution in [3.05, 3.63) is 47.5 Å². The van der Waals surface area contributed by atoms with Crippen molar-refractivity contribution in [2.75, 3.05) is 27.9 Å². The average Bonchev–Trinajstić information content (AvgIpc) is 2.75. The van der Waals surface area contributed by atoms with Gasteiger partial charge in [0, 0.05) is 5.56 Å². The fraction of sp³-hybridized carbons (Fsp3) is 0.300. The van der Waals surface area contributed by atoms with E-state index in [1.807, 2.05) is 24.3 Å². The lowest BCUT2D eigenvalue weighted by Gasteiger charge is -2.24. The molecule has 2 amide bonds. The fourth-order valence-electron chi connectivity index (χ4n) is 3.00. The molecule has 0 spiro atoms. The molecule has 28 heavy (non-hydrogen) atoms. The van der Waals surface area contributed by atoms with E-state index in [9.17, 15) is 9.59 Å². The molecule has 2 N–H and O–H groups in total. The van der Waals surface area contributed by atoms with Crippen LogP contribution in [0.3, 0.4) is 0 Å². The first-order valence-electron chi connectivity index (χ1n) is 8.68. The van der Waals surface area contributed by atoms with Gasteiger partial charge in [0.1, 0.15) is 12.4 Å². The molecule has 0 saturated carbocycles. The Hall–Kier alpha value is -3.42. The topological polar surface area (TPSA) is 95.1 Å². The van der Waals surface area contributed by atoms with E-state index in [1.54, 1.807) is 0 Å². The van der Waals surface area contributed by atoms with Crippen molar-refractivity contribution in [2.45, 2.75) is 6.42 Å². The molecule has 1 atom stereocenters. The molecule has 8 heteroatoms. The minimum Gasteiger partial charge on any atom is -0.493 e. The maximum Gasteiger partial charge on any atom is 0.269 e. The molecule has 0 fully saturated rings. The smallest absolute Gasteiger partial charge is 0.269 e. The van der Waals surface area contributed by atoms with Gasteiger partial charge in [-0.25, -0.2) is 0 Å². The third kappa shape index (κ3) is 3.95. The number of ether oxygens (including phenoxy) is 4. The number of hydrazine groups is 1. The van der Waals surface area contributed by atoms with Crippen LogP contribution in [0, 0.1) is 5.92 Å². The van der Waals surface area contributed by atoms with Gasteiger partial charge in [-0.1, -0.05) is 18.2 Å². The van der Waals surface area contributed by atoms with Crippen molar-refractivity contribution >= 4 is 11.8 Å². The lowest BCUT2D eigenvalue weighted by Crippen LogP contribution is -2.47. The summed E-state index contributed by atoms with van der Waals surface area (Å²) >= 11 is 0. The molecule has 0 aromatic heterocycles. The summed E-state index contributed by atoms with van der Waals surface area (Å²) in [6.45, 7) is 0.253. The van der Waals surface area contributed by atoms with Crippen molar-refractivity contribution in [3.63, 3.8) is 0 Å². The van der Waals surface area contributed by atoms with E-state index in [-0.39, 0.29) is 18.1 Å². The lowest BCUT2D eigenvalue weighted by molar-refractivity contribution is -0.127. The molecular formula is C20H22N2O6. The highest BCUT2D eigenvalue weighted by Gasteiger charge is 2.26. The molecule has 8 nitrogen and oxygen atoms in total. The number of rotatable bonds is 5. The molecule has 2 aromatic rings. The van der Waals surface area contributed by atoms with Crippen LogP contribution in [0.15, 0.2) is 36.4 Å². The van der Waals surface area contributed by atoms with E-state index in [1.165, 1.54) is 33.5 Å². The second kappa shape index (κ2) is 8.51. The maximum atomic E-state index is 12.5. The largest absolute Gasteiger partial charge is 0.493 e. The summed E-state index contributed by atoms with van der Waals surface area (Å²) in [4.78, 5) is 24.9. The number of nitrogens with one attached hydrogen (secondary N) is 2. The molecule has 1 aliphatic heterocycles. The summed E-state index contributed by atoms with van der Waals surface area (Å²) < 4.78 is 21.3. The zero-order valence-electron chi connectivity index (χ0n) is 15.9. The summed E-state index contributed by atoms with van der Waals surface area (Å²) in [5.41, 5.74) is 6.08. The van der Waals surface area contributed by atoms with E-state index >= 15 is 0 Å². The molecule has 0 bridgehead atoms. The number of hydrogen-bond acceptors (Lipinski definition) is 6. The molecule has 2 aromatic carbocycles. The van der Waals surface area contributed by atoms with Crippen LogP contribution >= 0.6 is 0 Å². The molecule has 1 aliphatic rings. The van der Waals surface area contributed by atoms with Gasteiger partial charge >= 0.3 is 0 Å². The highest BCUT2D eigenvalue weighted by atomic mass is 16.5. The maximum absolute atomic E-state index is 12.5. The van der Waals surface area contributed by atoms with Gasteiger partial charge in [-0.2, -0.15) is 0 Å². The number of hydrogen-bond donors (Lipinski definition) is 2. The molecule has 1 unspecified atom stereocenters. The Morgan fingerprint density at radius 1 is 1.00 bits per heavy atom. The highest BCUT2D eigenvalue weighted by molar-refractivity contribution is 5.96. The van der Waals surface area contributed by atoms with Crippen molar-refractivity contribution in [3.8, 4) is 23.0 Å². The van der Waals surface area contributed by atoms with Crippen molar-refractivity contribution < 1.29 is 28.5 Å². The second-order valence-corrected chi connectivity index (χ2v) is 6.18. The van der Waals surface area contributed by atoms with Gasteiger partial charge in [-0.3, -0.25) is 20.4 Å². The Labute approximate surface area is 162 Å². The highest BCUT2D eigenvalue weighted by Crippen LogP contribution is 2.38. The van der Waals surface area contributed by atoms with E-state index in [0.717, 1.165) is 11.3 Å². The Balaban J connectivity index is 1.65. The molecule has 0 aliphatic carbocycles. The van der Waals surface area contributed by atoms with Gasteiger partial charge in [0.2, 0.25) is 11.7 Å². The lowest BCUT2D eigenvalue weighted by atomic mass is 9.96. The van der Waals surface area contributed by atoms with Gasteiger partial charge < -0.3 is 18.9 Å². The number of benzene rings is 2. The van der Waals surface area contributed by atoms with Gasteiger partial charge in [-0.05, 0) is 30.2 Å². The summed E-state index contributed by atoms with van der Waals surface area (Å²) in [6.07, 6.45) is 0.544. The predicted octanol–water partition coefficient (Wildman–Crippen LogP) is 1.72. The molecule has 148 valence electrons. The van der Waals surface area contributed by atoms with Gasteiger partial charge in [0.15, 0.2) is 11.5 Å². The van der Waals surface area contributed by atoms with E-state index < -0.39 is 11.8 Å². The average molecular weight is 386 g/mol. The Morgan fingerprint density at radius 2 is 1.68 bits per heavy atom. The number of fused-ring (bicyclic) bond motifs is 1. The summed E-state index contributed by atoms with van der Waals surface area (Å²) in [7, 11) is 4.40. The Kier molecular flexibility index (Phi) is 5.88. The first kappa shape index (κ1) is 19.3. The zero-order valence-corrected chi connectivity index (χ0v) is 15.9. The first-order chi connectivity index (χ1) is 13.6. The predicted molar refractivity (Wildman–Crippen MR) is 101 cm³/mol. The van der Waals surface area contributed by atoms with Crippen molar-refractivity contribution in [2.24, 2.45) is 5.92 Å². The van der Waals surface area contributed by atoms with Crippen LogP contribution in [0.4, 0.5) is 0 Å². The quantitative estimate of drug-likeness (QED) is 0.760. The van der Waals surface area contributed by atoms with E-state index in [2.05, 4.69) is 10.9 Å². The molecule has 0 radical (unpaired) electrons. The fourth-order valence-corrected chi connectivity index (χ4v) is 3.00. The number of carbonyl (C=O) groups is 2. The second-order valence-electron chi connectivity index (χ2n) is 6.18. The molecule has 3 rings (SSSR count). The molecule has 0 saturated heterocycles. The van der Waals surface area contributed by atoms with Crippen molar-refractivity contribution in [1.29, 1.82) is 0 Å². The number of methoxy groups -OCH3 is 3. The van der Waals surface area contributed by atoms with Crippen LogP contribution in [-0.2, 0) is 11.2 Å². The third-order valence-corrected chi connectivity index (χ3v) is 4.48. The van der Waals surface area contributed by atoms with Crippen LogP contribution < -0.4 is 29.8 Å². The zero-order chi connectivity index (χ0) is 20.1. The number of amides is 2. The molecular weight excluding hydrogens is 364 g/mol.